The number of hydrogen-bond donors (Lipinski definition) is 2. The van der Waals surface area contributed by atoms with Crippen LogP contribution < -0.4 is 10.5 Å². The van der Waals surface area contributed by atoms with Crippen LogP contribution in [0.2, 0.25) is 0 Å². The molecule has 0 atom stereocenters. The lowest BCUT2D eigenvalue weighted by atomic mass is 10.0. The topological polar surface area (TPSA) is 81.0 Å². The van der Waals surface area contributed by atoms with E-state index in [4.69, 9.17) is 10.5 Å². The second-order valence-electron chi connectivity index (χ2n) is 4.77. The maximum atomic E-state index is 11.9. The number of nitrogens with zero attached hydrogens (tertiary/aromatic N) is 1. The molecule has 3 aromatic rings. The molecule has 3 N–H and O–H groups in total. The van der Waals surface area contributed by atoms with Crippen molar-refractivity contribution in [2.45, 2.75) is 0 Å². The van der Waals surface area contributed by atoms with Gasteiger partial charge in [0.25, 0.3) is 0 Å². The first kappa shape index (κ1) is 13.9. The minimum absolute atomic E-state index is 0.391. The van der Waals surface area contributed by atoms with E-state index >= 15 is 0 Å². The fourth-order valence-electron chi connectivity index (χ4n) is 2.40. The molecule has 0 fully saturated rings. The van der Waals surface area contributed by atoms with Crippen molar-refractivity contribution in [3.63, 3.8) is 0 Å². The number of nitrogens with one attached hydrogen (secondary N) is 1. The number of fused-ring (bicyclic) bond motifs is 1. The van der Waals surface area contributed by atoms with Crippen LogP contribution in [0.3, 0.4) is 0 Å². The van der Waals surface area contributed by atoms with Crippen LogP contribution in [-0.2, 0) is 4.79 Å². The average molecular weight is 293 g/mol. The second-order valence-corrected chi connectivity index (χ2v) is 4.77. The average Bonchev–Trinajstić information content (AvgIpc) is 2.95. The Bertz CT molecular complexity index is 865. The Morgan fingerprint density at radius 3 is 2.86 bits per heavy atom. The number of primary amides is 1. The lowest BCUT2D eigenvalue weighted by Crippen LogP contribution is -2.13. The van der Waals surface area contributed by atoms with Crippen molar-refractivity contribution >= 4 is 28.6 Å². The number of amides is 1. The summed E-state index contributed by atoms with van der Waals surface area (Å²) in [5, 5.41) is 0.927. The summed E-state index contributed by atoms with van der Waals surface area (Å²) < 4.78 is 5.31. The molecule has 22 heavy (non-hydrogen) atoms. The maximum Gasteiger partial charge on any atom is 0.249 e. The van der Waals surface area contributed by atoms with Gasteiger partial charge >= 0.3 is 0 Å². The zero-order valence-electron chi connectivity index (χ0n) is 12.0. The number of carbonyl (C=O) groups is 1. The molecule has 0 saturated carbocycles. The van der Waals surface area contributed by atoms with E-state index in [0.29, 0.717) is 16.9 Å². The van der Waals surface area contributed by atoms with Crippen molar-refractivity contribution in [1.82, 2.24) is 9.97 Å². The number of ether oxygens (including phenoxy) is 1. The lowest BCUT2D eigenvalue weighted by molar-refractivity contribution is -0.112. The Morgan fingerprint density at radius 2 is 2.09 bits per heavy atom. The number of para-hydroxylation sites is 1. The summed E-state index contributed by atoms with van der Waals surface area (Å²) in [6, 6.07) is 11.1. The minimum Gasteiger partial charge on any atom is -0.496 e. The molecule has 2 heterocycles. The number of benzene rings is 1. The van der Waals surface area contributed by atoms with Crippen LogP contribution in [0.4, 0.5) is 0 Å². The van der Waals surface area contributed by atoms with Crippen LogP contribution >= 0.6 is 0 Å². The lowest BCUT2D eigenvalue weighted by Gasteiger charge is -2.09. The molecule has 0 spiro atoms. The molecule has 5 nitrogen and oxygen atoms in total. The smallest absolute Gasteiger partial charge is 0.249 e. The fourth-order valence-corrected chi connectivity index (χ4v) is 2.40. The summed E-state index contributed by atoms with van der Waals surface area (Å²) in [5.41, 5.74) is 8.23. The molecule has 1 aromatic carbocycles. The van der Waals surface area contributed by atoms with Gasteiger partial charge in [-0.1, -0.05) is 18.2 Å². The number of methoxy groups -OCH3 is 1. The van der Waals surface area contributed by atoms with Crippen molar-refractivity contribution in [1.29, 1.82) is 0 Å². The number of aromatic amines is 1. The van der Waals surface area contributed by atoms with Gasteiger partial charge in [0.2, 0.25) is 5.91 Å². The summed E-state index contributed by atoms with van der Waals surface area (Å²) in [6.07, 6.45) is 5.26. The van der Waals surface area contributed by atoms with Crippen molar-refractivity contribution in [2.24, 2.45) is 5.73 Å². The van der Waals surface area contributed by atoms with E-state index < -0.39 is 5.91 Å². The highest BCUT2D eigenvalue weighted by atomic mass is 16.5. The number of hydrogen-bond acceptors (Lipinski definition) is 3. The quantitative estimate of drug-likeness (QED) is 0.725. The van der Waals surface area contributed by atoms with Crippen molar-refractivity contribution in [3.8, 4) is 5.75 Å². The highest BCUT2D eigenvalue weighted by Gasteiger charge is 2.14. The third-order valence-corrected chi connectivity index (χ3v) is 3.45. The fraction of sp³-hybridized carbons (Fsp3) is 0.0588. The zero-order valence-corrected chi connectivity index (χ0v) is 12.0. The summed E-state index contributed by atoms with van der Waals surface area (Å²) >= 11 is 0. The van der Waals surface area contributed by atoms with E-state index in [1.165, 1.54) is 0 Å². The van der Waals surface area contributed by atoms with E-state index in [2.05, 4.69) is 9.97 Å². The molecule has 3 rings (SSSR count). The minimum atomic E-state index is -0.511. The van der Waals surface area contributed by atoms with Gasteiger partial charge in [0, 0.05) is 28.9 Å². The van der Waals surface area contributed by atoms with Crippen LogP contribution in [0.25, 0.3) is 22.7 Å². The Hall–Kier alpha value is -3.08. The number of H-pyrrole nitrogens is 1. The van der Waals surface area contributed by atoms with Crippen LogP contribution in [0.5, 0.6) is 5.75 Å². The van der Waals surface area contributed by atoms with Crippen LogP contribution in [0.1, 0.15) is 11.1 Å². The summed E-state index contributed by atoms with van der Waals surface area (Å²) in [7, 11) is 1.56. The molecule has 1 amide bonds. The predicted octanol–water partition coefficient (Wildman–Crippen LogP) is 2.60. The first-order valence-electron chi connectivity index (χ1n) is 6.77. The molecule has 0 bridgehead atoms. The Kier molecular flexibility index (Phi) is 3.62. The van der Waals surface area contributed by atoms with E-state index in [-0.39, 0.29) is 0 Å². The summed E-state index contributed by atoms with van der Waals surface area (Å²) in [6.45, 7) is 0. The maximum absolute atomic E-state index is 11.9. The third-order valence-electron chi connectivity index (χ3n) is 3.45. The Balaban J connectivity index is 2.18. The van der Waals surface area contributed by atoms with Crippen molar-refractivity contribution < 1.29 is 9.53 Å². The van der Waals surface area contributed by atoms with E-state index in [1.54, 1.807) is 31.6 Å². The molecule has 0 unspecified atom stereocenters. The monoisotopic (exact) mass is 293 g/mol. The highest BCUT2D eigenvalue weighted by molar-refractivity contribution is 6.24. The van der Waals surface area contributed by atoms with Crippen LogP contribution in [0, 0.1) is 0 Å². The van der Waals surface area contributed by atoms with Gasteiger partial charge in [-0.15, -0.1) is 0 Å². The van der Waals surface area contributed by atoms with Gasteiger partial charge in [-0.3, -0.25) is 4.79 Å². The number of rotatable bonds is 4. The molecular weight excluding hydrogens is 278 g/mol. The molecule has 0 aliphatic heterocycles. The molecule has 2 aromatic heterocycles. The van der Waals surface area contributed by atoms with Gasteiger partial charge in [-0.05, 0) is 24.3 Å². The number of pyridine rings is 1. The molecule has 0 saturated heterocycles. The molecular formula is C17H15N3O2. The SMILES string of the molecule is COc1ccccc1/C(=C/c1c[nH]c2ncccc12)C(N)=O. The Labute approximate surface area is 127 Å². The van der Waals surface area contributed by atoms with Gasteiger partial charge in [-0.2, -0.15) is 0 Å². The van der Waals surface area contributed by atoms with Gasteiger partial charge in [0.05, 0.1) is 12.7 Å². The van der Waals surface area contributed by atoms with Crippen LogP contribution in [0.15, 0.2) is 48.8 Å². The molecule has 0 radical (unpaired) electrons. The van der Waals surface area contributed by atoms with Gasteiger partial charge in [-0.25, -0.2) is 4.98 Å². The largest absolute Gasteiger partial charge is 0.496 e. The predicted molar refractivity (Wildman–Crippen MR) is 86.2 cm³/mol. The Morgan fingerprint density at radius 1 is 1.27 bits per heavy atom. The first-order valence-corrected chi connectivity index (χ1v) is 6.77. The highest BCUT2D eigenvalue weighted by Crippen LogP contribution is 2.28. The number of aromatic nitrogens is 2. The summed E-state index contributed by atoms with van der Waals surface area (Å²) in [5.74, 6) is 0.0910. The molecule has 5 heteroatoms. The van der Waals surface area contributed by atoms with E-state index in [0.717, 1.165) is 16.6 Å². The second kappa shape index (κ2) is 5.73. The third kappa shape index (κ3) is 2.44. The standard InChI is InChI=1S/C17H15N3O2/c1-22-15-7-3-2-5-13(15)14(16(18)21)9-11-10-20-17-12(11)6-4-8-19-17/h2-10H,1H3,(H2,18,21)(H,19,20)/b14-9-. The van der Waals surface area contributed by atoms with Gasteiger partial charge in [0.1, 0.15) is 11.4 Å². The van der Waals surface area contributed by atoms with Crippen LogP contribution in [-0.4, -0.2) is 23.0 Å². The van der Waals surface area contributed by atoms with Gasteiger partial charge < -0.3 is 15.5 Å². The van der Waals surface area contributed by atoms with Crippen molar-refractivity contribution in [3.05, 3.63) is 59.9 Å². The number of nitrogens with two attached hydrogens (primary N) is 1. The molecule has 110 valence electrons. The first-order chi connectivity index (χ1) is 10.7. The molecule has 0 aliphatic carbocycles. The number of carbonyl (C=O) groups excluding carboxylic acids is 1. The normalized spacial score (nSPS) is 11.6. The van der Waals surface area contributed by atoms with Crippen molar-refractivity contribution in [2.75, 3.05) is 7.11 Å². The van der Waals surface area contributed by atoms with E-state index in [9.17, 15) is 4.79 Å². The molecule has 0 aliphatic rings. The van der Waals surface area contributed by atoms with E-state index in [1.807, 2.05) is 30.3 Å². The van der Waals surface area contributed by atoms with Gasteiger partial charge in [0.15, 0.2) is 0 Å². The summed E-state index contributed by atoms with van der Waals surface area (Å²) in [4.78, 5) is 19.2. The zero-order chi connectivity index (χ0) is 15.5.